The quantitative estimate of drug-likeness (QED) is 0.866. The zero-order valence-corrected chi connectivity index (χ0v) is 9.89. The second-order valence-electron chi connectivity index (χ2n) is 4.31. The van der Waals surface area contributed by atoms with Crippen molar-refractivity contribution in [3.8, 4) is 11.4 Å². The molecule has 1 aliphatic rings. The fraction of sp³-hybridized carbons (Fsp3) is 0.214. The SMILES string of the molecule is NCc1nc(-c2ccccc2)nc2c1C(=O)CC2. The van der Waals surface area contributed by atoms with E-state index in [2.05, 4.69) is 9.97 Å². The zero-order chi connectivity index (χ0) is 12.5. The Morgan fingerprint density at radius 2 is 1.89 bits per heavy atom. The summed E-state index contributed by atoms with van der Waals surface area (Å²) in [4.78, 5) is 20.7. The van der Waals surface area contributed by atoms with Crippen molar-refractivity contribution < 1.29 is 4.79 Å². The molecule has 3 rings (SSSR count). The van der Waals surface area contributed by atoms with Crippen LogP contribution in [0.2, 0.25) is 0 Å². The van der Waals surface area contributed by atoms with E-state index in [1.807, 2.05) is 30.3 Å². The zero-order valence-electron chi connectivity index (χ0n) is 9.89. The lowest BCUT2D eigenvalue weighted by Gasteiger charge is -2.07. The summed E-state index contributed by atoms with van der Waals surface area (Å²) in [5.74, 6) is 0.773. The predicted octanol–water partition coefficient (Wildman–Crippen LogP) is 1.73. The second kappa shape index (κ2) is 4.31. The summed E-state index contributed by atoms with van der Waals surface area (Å²) in [7, 11) is 0. The van der Waals surface area contributed by atoms with Gasteiger partial charge in [0.25, 0.3) is 0 Å². The third-order valence-electron chi connectivity index (χ3n) is 3.15. The Labute approximate surface area is 105 Å². The van der Waals surface area contributed by atoms with Crippen molar-refractivity contribution >= 4 is 5.78 Å². The van der Waals surface area contributed by atoms with Gasteiger partial charge in [0.15, 0.2) is 11.6 Å². The molecule has 0 atom stereocenters. The minimum Gasteiger partial charge on any atom is -0.325 e. The van der Waals surface area contributed by atoms with Crippen LogP contribution in [-0.2, 0) is 13.0 Å². The van der Waals surface area contributed by atoms with E-state index in [0.717, 1.165) is 11.3 Å². The highest BCUT2D eigenvalue weighted by atomic mass is 16.1. The van der Waals surface area contributed by atoms with Gasteiger partial charge in [-0.1, -0.05) is 30.3 Å². The van der Waals surface area contributed by atoms with Crippen LogP contribution in [-0.4, -0.2) is 15.8 Å². The van der Waals surface area contributed by atoms with Crippen LogP contribution >= 0.6 is 0 Å². The molecule has 4 nitrogen and oxygen atoms in total. The molecule has 0 radical (unpaired) electrons. The molecule has 1 aromatic heterocycles. The summed E-state index contributed by atoms with van der Waals surface area (Å²) in [5, 5.41) is 0. The number of aromatic nitrogens is 2. The van der Waals surface area contributed by atoms with E-state index in [0.29, 0.717) is 29.9 Å². The minimum atomic E-state index is 0.116. The number of ketones is 1. The van der Waals surface area contributed by atoms with E-state index in [-0.39, 0.29) is 12.3 Å². The molecule has 0 aliphatic heterocycles. The molecule has 0 saturated carbocycles. The lowest BCUT2D eigenvalue weighted by Crippen LogP contribution is -2.10. The number of rotatable bonds is 2. The van der Waals surface area contributed by atoms with Gasteiger partial charge in [-0.15, -0.1) is 0 Å². The molecule has 0 amide bonds. The van der Waals surface area contributed by atoms with Crippen LogP contribution in [0.5, 0.6) is 0 Å². The highest BCUT2D eigenvalue weighted by Crippen LogP contribution is 2.25. The van der Waals surface area contributed by atoms with E-state index in [9.17, 15) is 4.79 Å². The molecule has 0 bridgehead atoms. The van der Waals surface area contributed by atoms with Crippen molar-refractivity contribution in [3.63, 3.8) is 0 Å². The van der Waals surface area contributed by atoms with Crippen LogP contribution < -0.4 is 5.73 Å². The molecule has 2 N–H and O–H groups in total. The fourth-order valence-electron chi connectivity index (χ4n) is 2.28. The Morgan fingerprint density at radius 3 is 2.61 bits per heavy atom. The lowest BCUT2D eigenvalue weighted by molar-refractivity contribution is 0.0993. The molecule has 2 aromatic rings. The van der Waals surface area contributed by atoms with Gasteiger partial charge < -0.3 is 5.73 Å². The molecule has 1 aromatic carbocycles. The molecule has 0 saturated heterocycles. The van der Waals surface area contributed by atoms with Crippen molar-refractivity contribution in [1.82, 2.24) is 9.97 Å². The molecular weight excluding hydrogens is 226 g/mol. The first kappa shape index (κ1) is 11.0. The number of aryl methyl sites for hydroxylation is 1. The van der Waals surface area contributed by atoms with Crippen molar-refractivity contribution in [2.24, 2.45) is 5.73 Å². The van der Waals surface area contributed by atoms with Gasteiger partial charge in [0.05, 0.1) is 17.0 Å². The summed E-state index contributed by atoms with van der Waals surface area (Å²) < 4.78 is 0. The Kier molecular flexibility index (Phi) is 2.64. The van der Waals surface area contributed by atoms with Crippen molar-refractivity contribution in [2.75, 3.05) is 0 Å². The molecule has 1 aliphatic carbocycles. The standard InChI is InChI=1S/C14H13N3O/c15-8-11-13-10(6-7-12(13)18)16-14(17-11)9-4-2-1-3-5-9/h1-5H,6-8,15H2. The Balaban J connectivity index is 2.17. The average molecular weight is 239 g/mol. The van der Waals surface area contributed by atoms with Crippen LogP contribution in [0.25, 0.3) is 11.4 Å². The first-order chi connectivity index (χ1) is 8.79. The van der Waals surface area contributed by atoms with E-state index in [1.54, 1.807) is 0 Å². The third kappa shape index (κ3) is 1.71. The van der Waals surface area contributed by atoms with E-state index in [4.69, 9.17) is 5.73 Å². The van der Waals surface area contributed by atoms with Gasteiger partial charge in [-0.2, -0.15) is 0 Å². The molecule has 0 unspecified atom stereocenters. The first-order valence-electron chi connectivity index (χ1n) is 5.98. The summed E-state index contributed by atoms with van der Waals surface area (Å²) >= 11 is 0. The van der Waals surface area contributed by atoms with Crippen LogP contribution in [0.15, 0.2) is 30.3 Å². The maximum atomic E-state index is 11.8. The van der Waals surface area contributed by atoms with Gasteiger partial charge in [0.2, 0.25) is 0 Å². The number of Topliss-reactive ketones (excluding diaryl/α,β-unsaturated/α-hetero) is 1. The summed E-state index contributed by atoms with van der Waals surface area (Å²) in [5.41, 5.74) is 8.80. The van der Waals surface area contributed by atoms with E-state index >= 15 is 0 Å². The summed E-state index contributed by atoms with van der Waals surface area (Å²) in [6.45, 7) is 0.274. The highest BCUT2D eigenvalue weighted by molar-refractivity contribution is 6.01. The first-order valence-corrected chi connectivity index (χ1v) is 5.98. The maximum Gasteiger partial charge on any atom is 0.166 e. The number of carbonyl (C=O) groups is 1. The number of fused-ring (bicyclic) bond motifs is 1. The number of hydrogen-bond donors (Lipinski definition) is 1. The minimum absolute atomic E-state index is 0.116. The topological polar surface area (TPSA) is 68.9 Å². The monoisotopic (exact) mass is 239 g/mol. The molecule has 0 spiro atoms. The largest absolute Gasteiger partial charge is 0.325 e. The van der Waals surface area contributed by atoms with Gasteiger partial charge in [-0.25, -0.2) is 9.97 Å². The smallest absolute Gasteiger partial charge is 0.166 e. The van der Waals surface area contributed by atoms with Crippen LogP contribution in [0.1, 0.15) is 28.2 Å². The Bertz CT molecular complexity index is 608. The predicted molar refractivity (Wildman–Crippen MR) is 68.0 cm³/mol. The van der Waals surface area contributed by atoms with Crippen molar-refractivity contribution in [1.29, 1.82) is 0 Å². The average Bonchev–Trinajstić information content (AvgIpc) is 2.81. The molecule has 4 heteroatoms. The Hall–Kier alpha value is -2.07. The molecule has 0 fully saturated rings. The maximum absolute atomic E-state index is 11.8. The number of hydrogen-bond acceptors (Lipinski definition) is 4. The van der Waals surface area contributed by atoms with Gasteiger partial charge in [-0.05, 0) is 6.42 Å². The van der Waals surface area contributed by atoms with E-state index < -0.39 is 0 Å². The molecule has 18 heavy (non-hydrogen) atoms. The van der Waals surface area contributed by atoms with Crippen LogP contribution in [0.4, 0.5) is 0 Å². The van der Waals surface area contributed by atoms with Crippen LogP contribution in [0.3, 0.4) is 0 Å². The van der Waals surface area contributed by atoms with E-state index in [1.165, 1.54) is 0 Å². The second-order valence-corrected chi connectivity index (χ2v) is 4.31. The van der Waals surface area contributed by atoms with Gasteiger partial charge >= 0.3 is 0 Å². The lowest BCUT2D eigenvalue weighted by atomic mass is 10.1. The number of nitrogens with two attached hydrogens (primary N) is 1. The molecular formula is C14H13N3O. The normalized spacial score (nSPS) is 13.7. The summed E-state index contributed by atoms with van der Waals surface area (Å²) in [6, 6.07) is 9.75. The molecule has 90 valence electrons. The Morgan fingerprint density at radius 1 is 1.11 bits per heavy atom. The number of carbonyl (C=O) groups excluding carboxylic acids is 1. The fourth-order valence-corrected chi connectivity index (χ4v) is 2.28. The summed E-state index contributed by atoms with van der Waals surface area (Å²) in [6.07, 6.45) is 1.22. The number of nitrogens with zero attached hydrogens (tertiary/aromatic N) is 2. The van der Waals surface area contributed by atoms with Crippen molar-refractivity contribution in [2.45, 2.75) is 19.4 Å². The van der Waals surface area contributed by atoms with Crippen LogP contribution in [0, 0.1) is 0 Å². The highest BCUT2D eigenvalue weighted by Gasteiger charge is 2.25. The van der Waals surface area contributed by atoms with Crippen molar-refractivity contribution in [3.05, 3.63) is 47.3 Å². The van der Waals surface area contributed by atoms with Gasteiger partial charge in [-0.3, -0.25) is 4.79 Å². The molecule has 1 heterocycles. The van der Waals surface area contributed by atoms with Gasteiger partial charge in [0.1, 0.15) is 0 Å². The third-order valence-corrected chi connectivity index (χ3v) is 3.15. The van der Waals surface area contributed by atoms with Gasteiger partial charge in [0, 0.05) is 18.5 Å². The number of benzene rings is 1.